The summed E-state index contributed by atoms with van der Waals surface area (Å²) >= 11 is 5.54. The number of hydrogen-bond acceptors (Lipinski definition) is 4. The van der Waals surface area contributed by atoms with E-state index in [1.807, 2.05) is 0 Å². The number of nitro benzene ring substituents is 1. The van der Waals surface area contributed by atoms with Crippen LogP contribution < -0.4 is 5.32 Å². The Morgan fingerprint density at radius 2 is 2.33 bits per heavy atom. The third kappa shape index (κ3) is 3.18. The highest BCUT2D eigenvalue weighted by Crippen LogP contribution is 2.21. The van der Waals surface area contributed by atoms with Crippen molar-refractivity contribution in [3.63, 3.8) is 0 Å². The van der Waals surface area contributed by atoms with Crippen molar-refractivity contribution in [3.05, 3.63) is 33.9 Å². The van der Waals surface area contributed by atoms with Gasteiger partial charge in [0, 0.05) is 23.9 Å². The summed E-state index contributed by atoms with van der Waals surface area (Å²) in [7, 11) is 0. The zero-order chi connectivity index (χ0) is 13.7. The molecule has 7 heteroatoms. The zero-order valence-electron chi connectivity index (χ0n) is 9.51. The number of nitrogens with one attached hydrogen (secondary N) is 1. The summed E-state index contributed by atoms with van der Waals surface area (Å²) in [6.07, 6.45) is 0. The van der Waals surface area contributed by atoms with E-state index in [1.54, 1.807) is 13.0 Å². The minimum absolute atomic E-state index is 0.0410. The van der Waals surface area contributed by atoms with Gasteiger partial charge in [0.05, 0.1) is 16.2 Å². The van der Waals surface area contributed by atoms with Crippen LogP contribution in [0.1, 0.15) is 12.5 Å². The molecule has 0 radical (unpaired) electrons. The maximum Gasteiger partial charge on any atom is 0.270 e. The largest absolute Gasteiger partial charge is 0.325 e. The molecule has 0 aliphatic carbocycles. The fourth-order valence-corrected chi connectivity index (χ4v) is 1.31. The van der Waals surface area contributed by atoms with E-state index in [0.717, 1.165) is 6.07 Å². The standard InChI is InChI=1S/C11H10ClN3O3/c1-7(5-12)11(16)14-10-3-2-9(15(17)18)4-8(10)6-13/h2-4,7H,5H2,1H3,(H,14,16). The van der Waals surface area contributed by atoms with Crippen molar-refractivity contribution < 1.29 is 9.72 Å². The summed E-state index contributed by atoms with van der Waals surface area (Å²) in [5.41, 5.74) is 0.0827. The van der Waals surface area contributed by atoms with E-state index in [-0.39, 0.29) is 28.7 Å². The van der Waals surface area contributed by atoms with E-state index < -0.39 is 10.8 Å². The molecular weight excluding hydrogens is 258 g/mol. The Bertz CT molecular complexity index is 525. The van der Waals surface area contributed by atoms with Gasteiger partial charge in [-0.3, -0.25) is 14.9 Å². The van der Waals surface area contributed by atoms with E-state index in [1.165, 1.54) is 12.1 Å². The minimum atomic E-state index is -0.603. The lowest BCUT2D eigenvalue weighted by Crippen LogP contribution is -2.21. The molecule has 0 aliphatic rings. The molecule has 1 aromatic carbocycles. The average molecular weight is 268 g/mol. The highest BCUT2D eigenvalue weighted by Gasteiger charge is 2.15. The lowest BCUT2D eigenvalue weighted by atomic mass is 10.1. The van der Waals surface area contributed by atoms with Gasteiger partial charge in [0.2, 0.25) is 5.91 Å². The molecule has 1 N–H and O–H groups in total. The number of carbonyl (C=O) groups is 1. The molecule has 94 valence electrons. The molecule has 1 aromatic rings. The Labute approximate surface area is 108 Å². The summed E-state index contributed by atoms with van der Waals surface area (Å²) in [5, 5.41) is 21.9. The van der Waals surface area contributed by atoms with Crippen LogP contribution in [0.2, 0.25) is 0 Å². The van der Waals surface area contributed by atoms with Crippen molar-refractivity contribution in [1.82, 2.24) is 0 Å². The van der Waals surface area contributed by atoms with Crippen LogP contribution >= 0.6 is 11.6 Å². The third-order valence-electron chi connectivity index (χ3n) is 2.27. The van der Waals surface area contributed by atoms with E-state index >= 15 is 0 Å². The number of nitrogens with zero attached hydrogens (tertiary/aromatic N) is 2. The number of non-ortho nitro benzene ring substituents is 1. The third-order valence-corrected chi connectivity index (χ3v) is 2.73. The zero-order valence-corrected chi connectivity index (χ0v) is 10.3. The van der Waals surface area contributed by atoms with Crippen LogP contribution in [0.5, 0.6) is 0 Å². The molecular formula is C11H10ClN3O3. The number of benzene rings is 1. The molecule has 18 heavy (non-hydrogen) atoms. The van der Waals surface area contributed by atoms with Crippen molar-refractivity contribution in [2.24, 2.45) is 5.92 Å². The van der Waals surface area contributed by atoms with Crippen LogP contribution in [0.15, 0.2) is 18.2 Å². The lowest BCUT2D eigenvalue weighted by molar-refractivity contribution is -0.384. The van der Waals surface area contributed by atoms with Gasteiger partial charge < -0.3 is 5.32 Å². The lowest BCUT2D eigenvalue weighted by Gasteiger charge is -2.10. The predicted octanol–water partition coefficient (Wildman–Crippen LogP) is 2.28. The quantitative estimate of drug-likeness (QED) is 0.514. The molecule has 1 rings (SSSR count). The predicted molar refractivity (Wildman–Crippen MR) is 66.3 cm³/mol. The molecule has 0 saturated carbocycles. The van der Waals surface area contributed by atoms with Gasteiger partial charge in [0.25, 0.3) is 5.69 Å². The van der Waals surface area contributed by atoms with Gasteiger partial charge in [-0.05, 0) is 6.07 Å². The molecule has 0 spiro atoms. The Kier molecular flexibility index (Phi) is 4.63. The van der Waals surface area contributed by atoms with Crippen molar-refractivity contribution in [2.75, 3.05) is 11.2 Å². The topological polar surface area (TPSA) is 96.0 Å². The number of halogens is 1. The highest BCUT2D eigenvalue weighted by atomic mass is 35.5. The molecule has 0 aromatic heterocycles. The molecule has 0 bridgehead atoms. The Balaban J connectivity index is 3.01. The average Bonchev–Trinajstić information content (AvgIpc) is 2.37. The van der Waals surface area contributed by atoms with E-state index in [4.69, 9.17) is 16.9 Å². The molecule has 1 atom stereocenters. The maximum atomic E-state index is 11.6. The fraction of sp³-hybridized carbons (Fsp3) is 0.273. The van der Waals surface area contributed by atoms with Crippen LogP contribution in [-0.4, -0.2) is 16.7 Å². The summed E-state index contributed by atoms with van der Waals surface area (Å²) in [6, 6.07) is 5.47. The normalized spacial score (nSPS) is 11.4. The van der Waals surface area contributed by atoms with E-state index in [2.05, 4.69) is 5.32 Å². The monoisotopic (exact) mass is 267 g/mol. The number of alkyl halides is 1. The number of carbonyl (C=O) groups excluding carboxylic acids is 1. The molecule has 1 amide bonds. The van der Waals surface area contributed by atoms with Crippen LogP contribution in [0.25, 0.3) is 0 Å². The molecule has 1 unspecified atom stereocenters. The van der Waals surface area contributed by atoms with E-state index in [0.29, 0.717) is 0 Å². The summed E-state index contributed by atoms with van der Waals surface area (Å²) in [5.74, 6) is -0.593. The van der Waals surface area contributed by atoms with Crippen molar-refractivity contribution in [1.29, 1.82) is 5.26 Å². The van der Waals surface area contributed by atoms with Crippen molar-refractivity contribution in [2.45, 2.75) is 6.92 Å². The Morgan fingerprint density at radius 1 is 1.67 bits per heavy atom. The second-order valence-corrected chi connectivity index (χ2v) is 3.95. The number of rotatable bonds is 4. The Morgan fingerprint density at radius 3 is 2.83 bits per heavy atom. The number of amides is 1. The van der Waals surface area contributed by atoms with Gasteiger partial charge in [-0.1, -0.05) is 6.92 Å². The summed E-state index contributed by atoms with van der Waals surface area (Å²) in [4.78, 5) is 21.5. The smallest absolute Gasteiger partial charge is 0.270 e. The first kappa shape index (κ1) is 13.9. The second kappa shape index (κ2) is 5.98. The number of anilines is 1. The number of hydrogen-bond donors (Lipinski definition) is 1. The molecule has 0 heterocycles. The van der Waals surface area contributed by atoms with Gasteiger partial charge in [-0.2, -0.15) is 5.26 Å². The fourth-order valence-electron chi connectivity index (χ4n) is 1.17. The first-order chi connectivity index (χ1) is 8.49. The molecule has 0 saturated heterocycles. The summed E-state index contributed by atoms with van der Waals surface area (Å²) < 4.78 is 0. The SMILES string of the molecule is CC(CCl)C(=O)Nc1ccc([N+](=O)[O-])cc1C#N. The van der Waals surface area contributed by atoms with Gasteiger partial charge in [0.1, 0.15) is 6.07 Å². The van der Waals surface area contributed by atoms with Crippen LogP contribution in [0, 0.1) is 27.4 Å². The van der Waals surface area contributed by atoms with Gasteiger partial charge >= 0.3 is 0 Å². The summed E-state index contributed by atoms with van der Waals surface area (Å²) in [6.45, 7) is 1.64. The number of nitro groups is 1. The first-order valence-corrected chi connectivity index (χ1v) is 5.58. The highest BCUT2D eigenvalue weighted by molar-refractivity contribution is 6.19. The van der Waals surface area contributed by atoms with E-state index in [9.17, 15) is 14.9 Å². The van der Waals surface area contributed by atoms with Gasteiger partial charge in [-0.25, -0.2) is 0 Å². The molecule has 0 aliphatic heterocycles. The maximum absolute atomic E-state index is 11.6. The molecule has 0 fully saturated rings. The Hall–Kier alpha value is -2.13. The van der Waals surface area contributed by atoms with Crippen LogP contribution in [-0.2, 0) is 4.79 Å². The van der Waals surface area contributed by atoms with Gasteiger partial charge in [-0.15, -0.1) is 11.6 Å². The van der Waals surface area contributed by atoms with Gasteiger partial charge in [0.15, 0.2) is 0 Å². The first-order valence-electron chi connectivity index (χ1n) is 5.05. The van der Waals surface area contributed by atoms with Crippen LogP contribution in [0.3, 0.4) is 0 Å². The second-order valence-electron chi connectivity index (χ2n) is 3.64. The minimum Gasteiger partial charge on any atom is -0.325 e. The van der Waals surface area contributed by atoms with Crippen LogP contribution in [0.4, 0.5) is 11.4 Å². The molecule has 6 nitrogen and oxygen atoms in total. The van der Waals surface area contributed by atoms with Crippen molar-refractivity contribution >= 4 is 28.9 Å². The van der Waals surface area contributed by atoms with Crippen molar-refractivity contribution in [3.8, 4) is 6.07 Å². The number of nitriles is 1.